The van der Waals surface area contributed by atoms with Crippen molar-refractivity contribution < 1.29 is 31.9 Å². The van der Waals surface area contributed by atoms with E-state index in [4.69, 9.17) is 4.42 Å². The van der Waals surface area contributed by atoms with Gasteiger partial charge in [0, 0.05) is 42.6 Å². The number of rotatable bonds is 8. The van der Waals surface area contributed by atoms with Crippen LogP contribution in [0.2, 0.25) is 0 Å². The van der Waals surface area contributed by atoms with Crippen LogP contribution in [0, 0.1) is 25.0 Å². The summed E-state index contributed by atoms with van der Waals surface area (Å²) in [6.07, 6.45) is 1.30. The Labute approximate surface area is 233 Å². The number of aryl methyl sites for hydroxylation is 2. The van der Waals surface area contributed by atoms with E-state index < -0.39 is 38.9 Å². The summed E-state index contributed by atoms with van der Waals surface area (Å²) >= 11 is 0. The Morgan fingerprint density at radius 3 is 2.62 bits per heavy atom. The molecular weight excluding hydrogens is 536 g/mol. The van der Waals surface area contributed by atoms with Crippen LogP contribution in [0.1, 0.15) is 54.8 Å². The standard InChI is InChI=1S/C28H34N4O7S/c1-17(2)15-22(30-28(35)26-19(4)20-16-18(3)8-9-24(20)39-26)27(34)29-21-10-13-31(14-11-23(21)33)40(37,38)25-7-5-6-12-32(25)36/h5-9,12,16-17,21-22H,10-11,13-15H2,1-4H3,(H,29,34)(H,30,35)/t21-,22?/m0/s1. The number of benzene rings is 1. The first-order valence-corrected chi connectivity index (χ1v) is 14.6. The van der Waals surface area contributed by atoms with Crippen molar-refractivity contribution in [1.29, 1.82) is 0 Å². The Morgan fingerprint density at radius 2 is 1.93 bits per heavy atom. The minimum absolute atomic E-state index is 0.0277. The molecule has 1 aliphatic rings. The second-order valence-electron chi connectivity index (χ2n) is 10.5. The number of Topliss-reactive ketones (excluding diaryl/α,β-unsaturated/α-hetero) is 1. The molecule has 1 aliphatic heterocycles. The van der Waals surface area contributed by atoms with Crippen LogP contribution in [-0.2, 0) is 19.6 Å². The minimum Gasteiger partial charge on any atom is -0.618 e. The number of hydrogen-bond acceptors (Lipinski definition) is 7. The molecule has 1 aromatic carbocycles. The first-order valence-electron chi connectivity index (χ1n) is 13.2. The summed E-state index contributed by atoms with van der Waals surface area (Å²) in [5, 5.41) is 17.9. The lowest BCUT2D eigenvalue weighted by atomic mass is 10.0. The molecule has 0 spiro atoms. The van der Waals surface area contributed by atoms with Crippen molar-refractivity contribution in [3.63, 3.8) is 0 Å². The molecule has 0 aliphatic carbocycles. The summed E-state index contributed by atoms with van der Waals surface area (Å²) in [4.78, 5) is 39.4. The number of sulfonamides is 1. The lowest BCUT2D eigenvalue weighted by Crippen LogP contribution is -2.52. The number of fused-ring (bicyclic) bond motifs is 1. The molecule has 3 aromatic rings. The highest BCUT2D eigenvalue weighted by atomic mass is 32.2. The van der Waals surface area contributed by atoms with Crippen molar-refractivity contribution in [1.82, 2.24) is 14.9 Å². The molecular formula is C28H34N4O7S. The molecule has 12 heteroatoms. The zero-order valence-corrected chi connectivity index (χ0v) is 23.8. The van der Waals surface area contributed by atoms with Gasteiger partial charge < -0.3 is 20.3 Å². The van der Waals surface area contributed by atoms with Gasteiger partial charge in [0.15, 0.2) is 17.7 Å². The molecule has 4 rings (SSSR count). The Balaban J connectivity index is 1.47. The van der Waals surface area contributed by atoms with Crippen molar-refractivity contribution in [2.75, 3.05) is 13.1 Å². The quantitative estimate of drug-likeness (QED) is 0.311. The second kappa shape index (κ2) is 11.8. The van der Waals surface area contributed by atoms with E-state index in [1.54, 1.807) is 13.0 Å². The van der Waals surface area contributed by atoms with E-state index in [0.717, 1.165) is 21.5 Å². The van der Waals surface area contributed by atoms with Crippen molar-refractivity contribution >= 4 is 38.6 Å². The van der Waals surface area contributed by atoms with Gasteiger partial charge in [-0.1, -0.05) is 25.5 Å². The van der Waals surface area contributed by atoms with Gasteiger partial charge in [-0.05, 0) is 50.8 Å². The third-order valence-corrected chi connectivity index (χ3v) is 8.89. The number of furan rings is 1. The normalized spacial score (nSPS) is 17.5. The predicted molar refractivity (Wildman–Crippen MR) is 147 cm³/mol. The van der Waals surface area contributed by atoms with Gasteiger partial charge in [-0.2, -0.15) is 9.04 Å². The SMILES string of the molecule is Cc1ccc2oc(C(=O)NC(CC(C)C)C(=O)N[C@H]3CCN(S(=O)(=O)c4cccc[n+]4[O-])CCC3=O)c(C)c2c1. The average Bonchev–Trinajstić information content (AvgIpc) is 3.10. The summed E-state index contributed by atoms with van der Waals surface area (Å²) in [5.41, 5.74) is 2.26. The van der Waals surface area contributed by atoms with Gasteiger partial charge in [0.1, 0.15) is 11.6 Å². The van der Waals surface area contributed by atoms with Crippen LogP contribution < -0.4 is 15.4 Å². The zero-order chi connectivity index (χ0) is 29.2. The van der Waals surface area contributed by atoms with Gasteiger partial charge >= 0.3 is 15.0 Å². The van der Waals surface area contributed by atoms with Crippen molar-refractivity contribution in [3.8, 4) is 0 Å². The highest BCUT2D eigenvalue weighted by Crippen LogP contribution is 2.26. The van der Waals surface area contributed by atoms with E-state index in [1.165, 1.54) is 18.2 Å². The number of carbonyl (C=O) groups excluding carboxylic acids is 3. The number of ketones is 1. The van der Waals surface area contributed by atoms with Crippen LogP contribution in [-0.4, -0.2) is 55.5 Å². The smallest absolute Gasteiger partial charge is 0.323 e. The lowest BCUT2D eigenvalue weighted by molar-refractivity contribution is -0.646. The first-order chi connectivity index (χ1) is 18.9. The number of pyridine rings is 1. The van der Waals surface area contributed by atoms with E-state index in [9.17, 15) is 28.0 Å². The molecule has 1 unspecified atom stereocenters. The molecule has 1 saturated heterocycles. The summed E-state index contributed by atoms with van der Waals surface area (Å²) in [7, 11) is -4.14. The summed E-state index contributed by atoms with van der Waals surface area (Å²) in [5.74, 6) is -1.24. The molecule has 0 saturated carbocycles. The van der Waals surface area contributed by atoms with Crippen molar-refractivity contribution in [2.24, 2.45) is 5.92 Å². The first kappa shape index (κ1) is 29.2. The van der Waals surface area contributed by atoms with Crippen molar-refractivity contribution in [3.05, 3.63) is 64.7 Å². The van der Waals surface area contributed by atoms with Gasteiger partial charge in [0.25, 0.3) is 5.91 Å². The number of nitrogens with zero attached hydrogens (tertiary/aromatic N) is 2. The third kappa shape index (κ3) is 6.18. The molecule has 2 N–H and O–H groups in total. The van der Waals surface area contributed by atoms with E-state index in [2.05, 4.69) is 10.6 Å². The molecule has 1 fully saturated rings. The Bertz CT molecular complexity index is 1550. The number of carbonyl (C=O) groups is 3. The molecule has 0 bridgehead atoms. The fourth-order valence-electron chi connectivity index (χ4n) is 4.84. The lowest BCUT2D eigenvalue weighted by Gasteiger charge is -2.23. The molecule has 2 amide bonds. The maximum atomic E-state index is 13.3. The van der Waals surface area contributed by atoms with Crippen molar-refractivity contribution in [2.45, 2.75) is 64.1 Å². The molecule has 214 valence electrons. The molecule has 0 radical (unpaired) electrons. The minimum atomic E-state index is -4.14. The van der Waals surface area contributed by atoms with Gasteiger partial charge in [-0.25, -0.2) is 8.42 Å². The van der Waals surface area contributed by atoms with Gasteiger partial charge in [-0.3, -0.25) is 14.4 Å². The van der Waals surface area contributed by atoms with Crippen LogP contribution in [0.25, 0.3) is 11.0 Å². The molecule has 3 heterocycles. The van der Waals surface area contributed by atoms with Crippen LogP contribution in [0.3, 0.4) is 0 Å². The zero-order valence-electron chi connectivity index (χ0n) is 23.0. The van der Waals surface area contributed by atoms with Crippen LogP contribution in [0.5, 0.6) is 0 Å². The molecule has 2 aromatic heterocycles. The topological polar surface area (TPSA) is 153 Å². The number of amides is 2. The Morgan fingerprint density at radius 1 is 1.18 bits per heavy atom. The van der Waals surface area contributed by atoms with Crippen LogP contribution >= 0.6 is 0 Å². The van der Waals surface area contributed by atoms with E-state index >= 15 is 0 Å². The molecule has 11 nitrogen and oxygen atoms in total. The van der Waals surface area contributed by atoms with E-state index in [-0.39, 0.29) is 48.1 Å². The molecule has 2 atom stereocenters. The average molecular weight is 571 g/mol. The van der Waals surface area contributed by atoms with Crippen LogP contribution in [0.4, 0.5) is 0 Å². The van der Waals surface area contributed by atoms with Gasteiger partial charge in [-0.15, -0.1) is 0 Å². The predicted octanol–water partition coefficient (Wildman–Crippen LogP) is 2.37. The third-order valence-electron chi connectivity index (χ3n) is 7.00. The monoisotopic (exact) mass is 570 g/mol. The summed E-state index contributed by atoms with van der Waals surface area (Å²) in [6, 6.07) is 7.80. The maximum absolute atomic E-state index is 13.3. The summed E-state index contributed by atoms with van der Waals surface area (Å²) in [6.45, 7) is 7.37. The fraction of sp³-hybridized carbons (Fsp3) is 0.429. The van der Waals surface area contributed by atoms with E-state index in [0.29, 0.717) is 17.6 Å². The van der Waals surface area contributed by atoms with Gasteiger partial charge in [0.05, 0.1) is 6.04 Å². The Kier molecular flexibility index (Phi) is 8.59. The Hall–Kier alpha value is -3.77. The maximum Gasteiger partial charge on any atom is 0.323 e. The number of aromatic nitrogens is 1. The molecule has 40 heavy (non-hydrogen) atoms. The number of nitrogens with one attached hydrogen (secondary N) is 2. The largest absolute Gasteiger partial charge is 0.618 e. The van der Waals surface area contributed by atoms with Crippen LogP contribution in [0.15, 0.2) is 52.0 Å². The number of hydrogen-bond donors (Lipinski definition) is 2. The van der Waals surface area contributed by atoms with Gasteiger partial charge in [0.2, 0.25) is 5.91 Å². The highest BCUT2D eigenvalue weighted by Gasteiger charge is 2.36. The fourth-order valence-corrected chi connectivity index (χ4v) is 6.32. The second-order valence-corrected chi connectivity index (χ2v) is 12.4. The van der Waals surface area contributed by atoms with E-state index in [1.807, 2.05) is 32.9 Å². The highest BCUT2D eigenvalue weighted by molar-refractivity contribution is 7.88. The summed E-state index contributed by atoms with van der Waals surface area (Å²) < 4.78 is 33.2.